The van der Waals surface area contributed by atoms with Crippen LogP contribution in [-0.2, 0) is 0 Å². The summed E-state index contributed by atoms with van der Waals surface area (Å²) in [5.41, 5.74) is 11.3. The van der Waals surface area contributed by atoms with Crippen LogP contribution in [0.3, 0.4) is 0 Å². The number of rotatable bonds is 13. The summed E-state index contributed by atoms with van der Waals surface area (Å²) in [6.45, 7) is 29.5. The molecule has 5 rings (SSSR count). The first kappa shape index (κ1) is 44.2. The van der Waals surface area contributed by atoms with Gasteiger partial charge in [-0.15, -0.1) is 0 Å². The standard InChI is InChI=1S/C53H68O5/c1-27(2)36-15-17-49(54)41(19-36)32(11)43-21-38(29(5)6)23-45(51(43)56)34(13)47-25-40(31(9)10)26-48(53(47)58)35(14)46-24-39(30(7)8)22-44(52(46)57)33(12)42-20-37(28(3)4)16-18-50(42)55/h15-35,54-58H,1-14H3. The van der Waals surface area contributed by atoms with Crippen LogP contribution in [0.2, 0.25) is 0 Å². The molecule has 0 aromatic heterocycles. The third-order valence-electron chi connectivity index (χ3n) is 12.7. The molecule has 0 bridgehead atoms. The number of hydrogen-bond acceptors (Lipinski definition) is 5. The zero-order valence-corrected chi connectivity index (χ0v) is 37.4. The Hall–Kier alpha value is -4.90. The number of phenolic OH excluding ortho intramolecular Hbond substituents is 5. The lowest BCUT2D eigenvalue weighted by molar-refractivity contribution is 0.441. The fourth-order valence-electron chi connectivity index (χ4n) is 8.32. The zero-order chi connectivity index (χ0) is 43.1. The van der Waals surface area contributed by atoms with Crippen molar-refractivity contribution in [3.63, 3.8) is 0 Å². The van der Waals surface area contributed by atoms with E-state index in [1.165, 1.54) is 0 Å². The minimum Gasteiger partial charge on any atom is -0.508 e. The molecule has 0 aliphatic rings. The molecule has 5 aromatic carbocycles. The molecule has 5 aromatic rings. The Morgan fingerprint density at radius 3 is 0.655 bits per heavy atom. The van der Waals surface area contributed by atoms with Crippen molar-refractivity contribution < 1.29 is 25.5 Å². The van der Waals surface area contributed by atoms with E-state index in [1.807, 2.05) is 52.0 Å². The summed E-state index contributed by atoms with van der Waals surface area (Å²) in [4.78, 5) is 0. The van der Waals surface area contributed by atoms with Crippen LogP contribution in [0.1, 0.15) is 223 Å². The second kappa shape index (κ2) is 17.5. The molecule has 0 spiro atoms. The van der Waals surface area contributed by atoms with Gasteiger partial charge >= 0.3 is 0 Å². The van der Waals surface area contributed by atoms with Gasteiger partial charge in [0.25, 0.3) is 0 Å². The molecule has 310 valence electrons. The lowest BCUT2D eigenvalue weighted by Crippen LogP contribution is -2.09. The van der Waals surface area contributed by atoms with E-state index in [4.69, 9.17) is 0 Å². The minimum absolute atomic E-state index is 0.141. The molecule has 4 atom stereocenters. The normalized spacial score (nSPS) is 14.2. The van der Waals surface area contributed by atoms with Crippen molar-refractivity contribution in [3.05, 3.63) is 145 Å². The number of benzene rings is 5. The first-order valence-electron chi connectivity index (χ1n) is 21.4. The molecule has 0 amide bonds. The number of phenols is 5. The van der Waals surface area contributed by atoms with E-state index >= 15 is 0 Å². The highest BCUT2D eigenvalue weighted by Gasteiger charge is 2.30. The highest BCUT2D eigenvalue weighted by Crippen LogP contribution is 2.49. The summed E-state index contributed by atoms with van der Waals surface area (Å²) in [5.74, 6) is 0.522. The molecule has 5 nitrogen and oxygen atoms in total. The molecule has 0 aliphatic carbocycles. The highest BCUT2D eigenvalue weighted by atomic mass is 16.3. The largest absolute Gasteiger partial charge is 0.508 e. The van der Waals surface area contributed by atoms with Gasteiger partial charge in [0.1, 0.15) is 28.7 Å². The van der Waals surface area contributed by atoms with Gasteiger partial charge < -0.3 is 25.5 Å². The third-order valence-corrected chi connectivity index (χ3v) is 12.7. The quantitative estimate of drug-likeness (QED) is 0.0818. The zero-order valence-electron chi connectivity index (χ0n) is 37.4. The Labute approximate surface area is 348 Å². The van der Waals surface area contributed by atoms with Gasteiger partial charge in [0.05, 0.1) is 0 Å². The average Bonchev–Trinajstić information content (AvgIpc) is 3.17. The highest BCUT2D eigenvalue weighted by molar-refractivity contribution is 5.60. The number of hydrogen-bond donors (Lipinski definition) is 5. The number of aromatic hydroxyl groups is 5. The van der Waals surface area contributed by atoms with Crippen molar-refractivity contribution in [1.82, 2.24) is 0 Å². The molecule has 0 heterocycles. The Balaban J connectivity index is 1.68. The van der Waals surface area contributed by atoms with Gasteiger partial charge in [0.2, 0.25) is 0 Å². The molecule has 0 aliphatic heterocycles. The second-order valence-electron chi connectivity index (χ2n) is 18.4. The summed E-state index contributed by atoms with van der Waals surface area (Å²) in [5, 5.41) is 58.9. The van der Waals surface area contributed by atoms with Crippen LogP contribution in [0.25, 0.3) is 0 Å². The molecule has 58 heavy (non-hydrogen) atoms. The maximum Gasteiger partial charge on any atom is 0.123 e. The van der Waals surface area contributed by atoms with Crippen molar-refractivity contribution in [1.29, 1.82) is 0 Å². The predicted molar refractivity (Wildman–Crippen MR) is 241 cm³/mol. The smallest absolute Gasteiger partial charge is 0.123 e. The van der Waals surface area contributed by atoms with Crippen LogP contribution in [0, 0.1) is 0 Å². The van der Waals surface area contributed by atoms with E-state index in [0.717, 1.165) is 50.1 Å². The van der Waals surface area contributed by atoms with E-state index in [2.05, 4.69) is 106 Å². The first-order valence-corrected chi connectivity index (χ1v) is 21.4. The molecule has 0 radical (unpaired) electrons. The molecule has 4 unspecified atom stereocenters. The third kappa shape index (κ3) is 8.75. The van der Waals surface area contributed by atoms with Crippen molar-refractivity contribution in [3.8, 4) is 28.7 Å². The molecule has 5 heteroatoms. The average molecular weight is 785 g/mol. The summed E-state index contributed by atoms with van der Waals surface area (Å²) >= 11 is 0. The van der Waals surface area contributed by atoms with Crippen LogP contribution < -0.4 is 0 Å². The van der Waals surface area contributed by atoms with E-state index in [9.17, 15) is 25.5 Å². The van der Waals surface area contributed by atoms with Gasteiger partial charge in [-0.05, 0) is 69.5 Å². The van der Waals surface area contributed by atoms with Gasteiger partial charge in [-0.1, -0.05) is 158 Å². The predicted octanol–water partition coefficient (Wildman–Crippen LogP) is 14.4. The van der Waals surface area contributed by atoms with Crippen LogP contribution in [-0.4, -0.2) is 25.5 Å². The van der Waals surface area contributed by atoms with Crippen molar-refractivity contribution in [2.75, 3.05) is 0 Å². The lowest BCUT2D eigenvalue weighted by Gasteiger charge is -2.27. The van der Waals surface area contributed by atoms with Gasteiger partial charge in [0, 0.05) is 68.2 Å². The topological polar surface area (TPSA) is 101 Å². The van der Waals surface area contributed by atoms with Crippen molar-refractivity contribution in [2.45, 2.75) is 150 Å². The molecule has 0 saturated heterocycles. The summed E-state index contributed by atoms with van der Waals surface area (Å²) in [7, 11) is 0. The van der Waals surface area contributed by atoms with Gasteiger partial charge in [-0.3, -0.25) is 0 Å². The van der Waals surface area contributed by atoms with E-state index in [0.29, 0.717) is 22.3 Å². The monoisotopic (exact) mass is 785 g/mol. The van der Waals surface area contributed by atoms with Crippen LogP contribution >= 0.6 is 0 Å². The van der Waals surface area contributed by atoms with Gasteiger partial charge in [0.15, 0.2) is 0 Å². The Kier molecular flexibility index (Phi) is 13.4. The maximum atomic E-state index is 12.4. The fraction of sp³-hybridized carbons (Fsp3) is 0.434. The maximum absolute atomic E-state index is 12.4. The summed E-state index contributed by atoms with van der Waals surface area (Å²) in [6.07, 6.45) is 0. The summed E-state index contributed by atoms with van der Waals surface area (Å²) in [6, 6.07) is 23.8. The fourth-order valence-corrected chi connectivity index (χ4v) is 8.32. The molecular formula is C53H68O5. The molecule has 5 N–H and O–H groups in total. The Bertz CT molecular complexity index is 2110. The van der Waals surface area contributed by atoms with Crippen molar-refractivity contribution in [2.24, 2.45) is 0 Å². The van der Waals surface area contributed by atoms with E-state index < -0.39 is 11.8 Å². The lowest BCUT2D eigenvalue weighted by atomic mass is 9.79. The SMILES string of the molecule is CC(C)c1ccc(O)c(C(C)c2cc(C(C)C)cc(C(C)c3cc(C(C)C)cc(C(C)c4cc(C(C)C)cc(C(C)c5cc(C(C)C)ccc5O)c4O)c3O)c2O)c1. The van der Waals surface area contributed by atoms with Gasteiger partial charge in [-0.2, -0.15) is 0 Å². The Morgan fingerprint density at radius 1 is 0.259 bits per heavy atom. The molecule has 0 fully saturated rings. The second-order valence-corrected chi connectivity index (χ2v) is 18.4. The van der Waals surface area contributed by atoms with Crippen LogP contribution in [0.5, 0.6) is 28.7 Å². The summed E-state index contributed by atoms with van der Waals surface area (Å²) < 4.78 is 0. The van der Waals surface area contributed by atoms with Crippen LogP contribution in [0.15, 0.2) is 72.8 Å². The van der Waals surface area contributed by atoms with Crippen LogP contribution in [0.4, 0.5) is 0 Å². The van der Waals surface area contributed by atoms with Crippen molar-refractivity contribution >= 4 is 0 Å². The minimum atomic E-state index is -0.396. The van der Waals surface area contributed by atoms with E-state index in [-0.39, 0.29) is 70.2 Å². The Morgan fingerprint density at radius 2 is 0.448 bits per heavy atom. The molecule has 0 saturated carbocycles. The van der Waals surface area contributed by atoms with E-state index in [1.54, 1.807) is 12.1 Å². The van der Waals surface area contributed by atoms with Gasteiger partial charge in [-0.25, -0.2) is 0 Å². The molecular weight excluding hydrogens is 717 g/mol. The first-order chi connectivity index (χ1) is 27.1.